The summed E-state index contributed by atoms with van der Waals surface area (Å²) >= 11 is 0. The van der Waals surface area contributed by atoms with Gasteiger partial charge in [-0.05, 0) is 19.8 Å². The van der Waals surface area contributed by atoms with E-state index < -0.39 is 17.9 Å². The molecule has 7 heteroatoms. The van der Waals surface area contributed by atoms with Crippen molar-refractivity contribution in [1.82, 2.24) is 10.2 Å². The number of hydrogen-bond acceptors (Lipinski definition) is 4. The number of carboxylic acid groups (broad SMARTS) is 1. The van der Waals surface area contributed by atoms with Gasteiger partial charge in [-0.15, -0.1) is 0 Å². The zero-order chi connectivity index (χ0) is 14.7. The topological polar surface area (TPSA) is 88.1 Å². The summed E-state index contributed by atoms with van der Waals surface area (Å²) in [5.74, 6) is -1.57. The van der Waals surface area contributed by atoms with Crippen LogP contribution in [-0.2, 0) is 14.3 Å². The molecule has 2 unspecified atom stereocenters. The molecule has 1 heterocycles. The van der Waals surface area contributed by atoms with Gasteiger partial charge in [-0.1, -0.05) is 0 Å². The number of ether oxygens (including phenoxy) is 2. The normalized spacial score (nSPS) is 32.5. The van der Waals surface area contributed by atoms with E-state index in [1.165, 1.54) is 4.90 Å². The number of carboxylic acids is 1. The molecule has 0 spiro atoms. The number of likely N-dealkylation sites (N-methyl/N-ethyl adjacent to an activating group) is 1. The maximum Gasteiger partial charge on any atom is 0.317 e. The fourth-order valence-electron chi connectivity index (χ4n) is 2.64. The van der Waals surface area contributed by atoms with Crippen LogP contribution in [0.5, 0.6) is 0 Å². The van der Waals surface area contributed by atoms with Crippen molar-refractivity contribution in [3.05, 3.63) is 0 Å². The summed E-state index contributed by atoms with van der Waals surface area (Å²) in [5.41, 5.74) is 0. The van der Waals surface area contributed by atoms with Crippen molar-refractivity contribution in [1.29, 1.82) is 0 Å². The second kappa shape index (κ2) is 6.41. The molecule has 114 valence electrons. The van der Waals surface area contributed by atoms with E-state index in [0.29, 0.717) is 6.61 Å². The van der Waals surface area contributed by atoms with E-state index in [4.69, 9.17) is 14.6 Å². The first-order valence-corrected chi connectivity index (χ1v) is 6.98. The van der Waals surface area contributed by atoms with E-state index in [0.717, 1.165) is 12.8 Å². The van der Waals surface area contributed by atoms with Crippen LogP contribution < -0.4 is 5.32 Å². The van der Waals surface area contributed by atoms with Crippen LogP contribution in [-0.4, -0.2) is 67.1 Å². The van der Waals surface area contributed by atoms with Gasteiger partial charge in [0.15, 0.2) is 0 Å². The molecule has 0 aromatic rings. The van der Waals surface area contributed by atoms with Gasteiger partial charge in [0, 0.05) is 19.7 Å². The molecule has 1 saturated carbocycles. The highest BCUT2D eigenvalue weighted by molar-refractivity contribution is 5.77. The van der Waals surface area contributed by atoms with Gasteiger partial charge >= 0.3 is 12.0 Å². The number of rotatable bonds is 5. The number of nitrogens with one attached hydrogen (secondary N) is 1. The van der Waals surface area contributed by atoms with Crippen LogP contribution in [0.3, 0.4) is 0 Å². The Labute approximate surface area is 118 Å². The summed E-state index contributed by atoms with van der Waals surface area (Å²) in [4.78, 5) is 24.6. The molecule has 2 rings (SSSR count). The van der Waals surface area contributed by atoms with Crippen molar-refractivity contribution in [3.63, 3.8) is 0 Å². The largest absolute Gasteiger partial charge is 0.481 e. The molecule has 2 aliphatic rings. The van der Waals surface area contributed by atoms with Crippen molar-refractivity contribution in [2.75, 3.05) is 26.9 Å². The Morgan fingerprint density at radius 1 is 1.40 bits per heavy atom. The number of carbonyl (C=O) groups excluding carboxylic acids is 1. The van der Waals surface area contributed by atoms with Gasteiger partial charge in [0.1, 0.15) is 5.92 Å². The average molecular weight is 286 g/mol. The molecule has 0 radical (unpaired) electrons. The smallest absolute Gasteiger partial charge is 0.317 e. The van der Waals surface area contributed by atoms with Crippen LogP contribution in [0, 0.1) is 5.92 Å². The van der Waals surface area contributed by atoms with Crippen LogP contribution in [0.2, 0.25) is 0 Å². The minimum absolute atomic E-state index is 0.118. The fourth-order valence-corrected chi connectivity index (χ4v) is 2.64. The van der Waals surface area contributed by atoms with Crippen LogP contribution in [0.15, 0.2) is 0 Å². The van der Waals surface area contributed by atoms with Gasteiger partial charge in [-0.2, -0.15) is 0 Å². The Balaban J connectivity index is 1.79. The van der Waals surface area contributed by atoms with E-state index in [2.05, 4.69) is 5.32 Å². The standard InChI is InChI=1S/C13H22N2O5/c1-3-20-9-4-8(5-9)14-13(18)15(2)11-7-19-6-10(11)12(16)17/h8-11H,3-7H2,1-2H3,(H,14,18)(H,16,17). The average Bonchev–Trinajstić information content (AvgIpc) is 2.84. The van der Waals surface area contributed by atoms with Crippen LogP contribution in [0.1, 0.15) is 19.8 Å². The Hall–Kier alpha value is -1.34. The van der Waals surface area contributed by atoms with E-state index >= 15 is 0 Å². The lowest BCUT2D eigenvalue weighted by Crippen LogP contribution is -2.54. The molecule has 0 aromatic carbocycles. The fraction of sp³-hybridized carbons (Fsp3) is 0.846. The molecule has 2 fully saturated rings. The summed E-state index contributed by atoms with van der Waals surface area (Å²) in [6.07, 6.45) is 1.87. The predicted octanol–water partition coefficient (Wildman–Crippen LogP) is 0.295. The summed E-state index contributed by atoms with van der Waals surface area (Å²) in [6, 6.07) is -0.533. The highest BCUT2D eigenvalue weighted by atomic mass is 16.5. The van der Waals surface area contributed by atoms with Crippen LogP contribution in [0.25, 0.3) is 0 Å². The first-order valence-electron chi connectivity index (χ1n) is 6.98. The highest BCUT2D eigenvalue weighted by Gasteiger charge is 2.39. The summed E-state index contributed by atoms with van der Waals surface area (Å²) < 4.78 is 10.6. The van der Waals surface area contributed by atoms with Crippen molar-refractivity contribution < 1.29 is 24.2 Å². The molecular weight excluding hydrogens is 264 g/mol. The molecule has 2 N–H and O–H groups in total. The van der Waals surface area contributed by atoms with Crippen molar-refractivity contribution in [2.24, 2.45) is 5.92 Å². The second-order valence-electron chi connectivity index (χ2n) is 5.36. The Morgan fingerprint density at radius 2 is 2.10 bits per heavy atom. The molecule has 1 saturated heterocycles. The molecule has 1 aliphatic carbocycles. The predicted molar refractivity (Wildman–Crippen MR) is 70.5 cm³/mol. The van der Waals surface area contributed by atoms with Gasteiger partial charge in [0.05, 0.1) is 25.4 Å². The van der Waals surface area contributed by atoms with Crippen molar-refractivity contribution in [3.8, 4) is 0 Å². The molecule has 0 aromatic heterocycles. The lowest BCUT2D eigenvalue weighted by Gasteiger charge is -2.37. The lowest BCUT2D eigenvalue weighted by molar-refractivity contribution is -0.142. The van der Waals surface area contributed by atoms with Gasteiger partial charge in [0.2, 0.25) is 0 Å². The second-order valence-corrected chi connectivity index (χ2v) is 5.36. The Kier molecular flexibility index (Phi) is 4.82. The third kappa shape index (κ3) is 3.21. The molecular formula is C13H22N2O5. The number of amides is 2. The minimum Gasteiger partial charge on any atom is -0.481 e. The molecule has 0 bridgehead atoms. The monoisotopic (exact) mass is 286 g/mol. The van der Waals surface area contributed by atoms with Gasteiger partial charge in [-0.3, -0.25) is 4.79 Å². The molecule has 1 aliphatic heterocycles. The summed E-state index contributed by atoms with van der Waals surface area (Å²) in [6.45, 7) is 3.07. The van der Waals surface area contributed by atoms with Crippen LogP contribution in [0.4, 0.5) is 4.79 Å². The van der Waals surface area contributed by atoms with E-state index in [9.17, 15) is 9.59 Å². The van der Waals surface area contributed by atoms with Gasteiger partial charge in [-0.25, -0.2) is 4.79 Å². The van der Waals surface area contributed by atoms with E-state index in [1.54, 1.807) is 7.05 Å². The third-order valence-corrected chi connectivity index (χ3v) is 4.01. The lowest BCUT2D eigenvalue weighted by atomic mass is 9.89. The highest BCUT2D eigenvalue weighted by Crippen LogP contribution is 2.24. The number of aliphatic carboxylic acids is 1. The SMILES string of the molecule is CCOC1CC(NC(=O)N(C)C2COCC2C(=O)O)C1. The number of carbonyl (C=O) groups is 2. The molecule has 2 amide bonds. The maximum absolute atomic E-state index is 12.1. The molecule has 20 heavy (non-hydrogen) atoms. The zero-order valence-electron chi connectivity index (χ0n) is 11.9. The Bertz CT molecular complexity index is 370. The third-order valence-electron chi connectivity index (χ3n) is 4.01. The molecule has 7 nitrogen and oxygen atoms in total. The van der Waals surface area contributed by atoms with Crippen LogP contribution >= 0.6 is 0 Å². The first-order chi connectivity index (χ1) is 9.52. The van der Waals surface area contributed by atoms with Crippen molar-refractivity contribution in [2.45, 2.75) is 38.0 Å². The summed E-state index contributed by atoms with van der Waals surface area (Å²) in [5, 5.41) is 12.0. The maximum atomic E-state index is 12.1. The number of nitrogens with zero attached hydrogens (tertiary/aromatic N) is 1. The minimum atomic E-state index is -0.924. The van der Waals surface area contributed by atoms with E-state index in [1.807, 2.05) is 6.92 Å². The zero-order valence-corrected chi connectivity index (χ0v) is 11.9. The van der Waals surface area contributed by atoms with Gasteiger partial charge < -0.3 is 24.8 Å². The Morgan fingerprint density at radius 3 is 2.70 bits per heavy atom. The molecule has 2 atom stereocenters. The summed E-state index contributed by atoms with van der Waals surface area (Å²) in [7, 11) is 1.61. The van der Waals surface area contributed by atoms with E-state index in [-0.39, 0.29) is 31.4 Å². The number of urea groups is 1. The number of hydrogen-bond donors (Lipinski definition) is 2. The quantitative estimate of drug-likeness (QED) is 0.758. The first kappa shape index (κ1) is 15.1. The van der Waals surface area contributed by atoms with Crippen molar-refractivity contribution >= 4 is 12.0 Å². The van der Waals surface area contributed by atoms with Gasteiger partial charge in [0.25, 0.3) is 0 Å².